The molecule has 1 aromatic carbocycles. The minimum absolute atomic E-state index is 0.208. The molecule has 1 saturated heterocycles. The SMILES string of the molecule is CC#CCn1c(N2CCNCC2)nc2[nH]c(=O)n(CC(=O)c3ccccc3)c(=O)c21. The van der Waals surface area contributed by atoms with Gasteiger partial charge in [0.15, 0.2) is 16.9 Å². The van der Waals surface area contributed by atoms with Crippen LogP contribution in [-0.2, 0) is 13.1 Å². The summed E-state index contributed by atoms with van der Waals surface area (Å²) in [4.78, 5) is 47.7. The van der Waals surface area contributed by atoms with Gasteiger partial charge in [0.1, 0.15) is 0 Å². The zero-order valence-corrected chi connectivity index (χ0v) is 16.6. The minimum Gasteiger partial charge on any atom is -0.340 e. The summed E-state index contributed by atoms with van der Waals surface area (Å²) in [5, 5.41) is 3.28. The second-order valence-electron chi connectivity index (χ2n) is 6.97. The number of piperazine rings is 1. The summed E-state index contributed by atoms with van der Waals surface area (Å²) in [7, 11) is 0. The molecule has 9 heteroatoms. The number of aromatic nitrogens is 4. The first-order chi connectivity index (χ1) is 14.6. The molecule has 0 aliphatic carbocycles. The molecule has 30 heavy (non-hydrogen) atoms. The Hall–Kier alpha value is -3.64. The number of rotatable bonds is 5. The van der Waals surface area contributed by atoms with E-state index in [0.717, 1.165) is 30.7 Å². The summed E-state index contributed by atoms with van der Waals surface area (Å²) in [6, 6.07) is 8.59. The molecular weight excluding hydrogens is 384 g/mol. The quantitative estimate of drug-likeness (QED) is 0.463. The summed E-state index contributed by atoms with van der Waals surface area (Å²) in [5.74, 6) is 6.09. The normalized spacial score (nSPS) is 13.8. The number of hydrogen-bond acceptors (Lipinski definition) is 6. The third kappa shape index (κ3) is 3.65. The first kappa shape index (κ1) is 19.7. The van der Waals surface area contributed by atoms with Crippen LogP contribution in [0, 0.1) is 11.8 Å². The number of H-pyrrole nitrogens is 1. The lowest BCUT2D eigenvalue weighted by Crippen LogP contribution is -2.44. The van der Waals surface area contributed by atoms with E-state index in [1.165, 1.54) is 0 Å². The molecule has 9 nitrogen and oxygen atoms in total. The van der Waals surface area contributed by atoms with E-state index >= 15 is 0 Å². The first-order valence-corrected chi connectivity index (χ1v) is 9.77. The van der Waals surface area contributed by atoms with E-state index in [1.54, 1.807) is 41.8 Å². The molecule has 3 aromatic rings. The molecule has 1 aliphatic heterocycles. The molecule has 0 unspecified atom stereocenters. The maximum atomic E-state index is 13.2. The van der Waals surface area contributed by atoms with E-state index in [9.17, 15) is 14.4 Å². The van der Waals surface area contributed by atoms with E-state index in [-0.39, 0.29) is 30.0 Å². The molecule has 0 spiro atoms. The van der Waals surface area contributed by atoms with Crippen LogP contribution in [0.15, 0.2) is 39.9 Å². The van der Waals surface area contributed by atoms with Crippen LogP contribution in [0.5, 0.6) is 0 Å². The van der Waals surface area contributed by atoms with Gasteiger partial charge in [-0.3, -0.25) is 23.7 Å². The number of fused-ring (bicyclic) bond motifs is 1. The topological polar surface area (TPSA) is 105 Å². The largest absolute Gasteiger partial charge is 0.340 e. The molecular formula is C21H22N6O3. The summed E-state index contributed by atoms with van der Waals surface area (Å²) in [5.41, 5.74) is -0.318. The van der Waals surface area contributed by atoms with Gasteiger partial charge in [-0.2, -0.15) is 4.98 Å². The fourth-order valence-corrected chi connectivity index (χ4v) is 3.55. The average molecular weight is 406 g/mol. The highest BCUT2D eigenvalue weighted by Gasteiger charge is 2.23. The van der Waals surface area contributed by atoms with Crippen molar-refractivity contribution in [3.63, 3.8) is 0 Å². The van der Waals surface area contributed by atoms with Gasteiger partial charge >= 0.3 is 5.69 Å². The van der Waals surface area contributed by atoms with Crippen molar-refractivity contribution in [2.75, 3.05) is 31.1 Å². The smallest absolute Gasteiger partial charge is 0.330 e. The van der Waals surface area contributed by atoms with Crippen molar-refractivity contribution in [3.8, 4) is 11.8 Å². The highest BCUT2D eigenvalue weighted by Crippen LogP contribution is 2.19. The summed E-state index contributed by atoms with van der Waals surface area (Å²) in [6.07, 6.45) is 0. The molecule has 4 rings (SSSR count). The number of Topliss-reactive ketones (excluding diaryl/α,β-unsaturated/α-hetero) is 1. The number of hydrogen-bond donors (Lipinski definition) is 2. The predicted octanol–water partition coefficient (Wildman–Crippen LogP) is 0.202. The number of benzene rings is 1. The molecule has 1 fully saturated rings. The Kier molecular flexibility index (Phi) is 5.50. The molecule has 2 aromatic heterocycles. The highest BCUT2D eigenvalue weighted by atomic mass is 16.2. The molecule has 0 amide bonds. The van der Waals surface area contributed by atoms with E-state index in [2.05, 4.69) is 32.0 Å². The van der Waals surface area contributed by atoms with Gasteiger partial charge in [0, 0.05) is 31.7 Å². The molecule has 0 saturated carbocycles. The van der Waals surface area contributed by atoms with Crippen LogP contribution in [0.1, 0.15) is 17.3 Å². The van der Waals surface area contributed by atoms with Crippen molar-refractivity contribution >= 4 is 22.9 Å². The summed E-state index contributed by atoms with van der Waals surface area (Å²) in [6.45, 7) is 4.70. The van der Waals surface area contributed by atoms with Gasteiger partial charge in [0.05, 0.1) is 13.1 Å². The second-order valence-corrected chi connectivity index (χ2v) is 6.97. The molecule has 0 atom stereocenters. The molecule has 0 radical (unpaired) electrons. The van der Waals surface area contributed by atoms with Gasteiger partial charge in [0.25, 0.3) is 5.56 Å². The number of nitrogens with one attached hydrogen (secondary N) is 2. The lowest BCUT2D eigenvalue weighted by Gasteiger charge is -2.28. The highest BCUT2D eigenvalue weighted by molar-refractivity contribution is 5.95. The number of ketones is 1. The number of nitrogens with zero attached hydrogens (tertiary/aromatic N) is 4. The molecule has 3 heterocycles. The first-order valence-electron chi connectivity index (χ1n) is 9.77. The lowest BCUT2D eigenvalue weighted by molar-refractivity contribution is 0.0969. The Morgan fingerprint density at radius 3 is 2.57 bits per heavy atom. The van der Waals surface area contributed by atoms with Crippen LogP contribution >= 0.6 is 0 Å². The molecule has 2 N–H and O–H groups in total. The van der Waals surface area contributed by atoms with Crippen molar-refractivity contribution in [3.05, 3.63) is 56.7 Å². The van der Waals surface area contributed by atoms with Crippen LogP contribution in [0.4, 0.5) is 5.95 Å². The van der Waals surface area contributed by atoms with Crippen LogP contribution in [0.3, 0.4) is 0 Å². The van der Waals surface area contributed by atoms with E-state index in [0.29, 0.717) is 11.5 Å². The Bertz CT molecular complexity index is 1250. The van der Waals surface area contributed by atoms with E-state index < -0.39 is 11.2 Å². The Morgan fingerprint density at radius 2 is 1.87 bits per heavy atom. The molecule has 154 valence electrons. The third-order valence-electron chi connectivity index (χ3n) is 5.08. The van der Waals surface area contributed by atoms with Crippen molar-refractivity contribution < 1.29 is 4.79 Å². The summed E-state index contributed by atoms with van der Waals surface area (Å²) >= 11 is 0. The zero-order chi connectivity index (χ0) is 21.1. The number of aromatic amines is 1. The van der Waals surface area contributed by atoms with Crippen LogP contribution < -0.4 is 21.5 Å². The van der Waals surface area contributed by atoms with Crippen molar-refractivity contribution in [2.45, 2.75) is 20.0 Å². The van der Waals surface area contributed by atoms with Crippen molar-refractivity contribution in [1.82, 2.24) is 24.4 Å². The minimum atomic E-state index is -0.658. The molecule has 1 aliphatic rings. The Labute approximate surface area is 172 Å². The number of imidazole rings is 1. The van der Waals surface area contributed by atoms with E-state index in [4.69, 9.17) is 0 Å². The van der Waals surface area contributed by atoms with Crippen LogP contribution in [-0.4, -0.2) is 51.1 Å². The zero-order valence-electron chi connectivity index (χ0n) is 16.6. The van der Waals surface area contributed by atoms with Gasteiger partial charge in [-0.25, -0.2) is 4.79 Å². The van der Waals surface area contributed by atoms with Crippen LogP contribution in [0.2, 0.25) is 0 Å². The van der Waals surface area contributed by atoms with Gasteiger partial charge < -0.3 is 10.2 Å². The average Bonchev–Trinajstić information content (AvgIpc) is 3.14. The van der Waals surface area contributed by atoms with Gasteiger partial charge in [-0.15, -0.1) is 5.92 Å². The lowest BCUT2D eigenvalue weighted by atomic mass is 10.1. The number of carbonyl (C=O) groups excluding carboxylic acids is 1. The van der Waals surface area contributed by atoms with Crippen LogP contribution in [0.25, 0.3) is 11.2 Å². The fraction of sp³-hybridized carbons (Fsp3) is 0.333. The molecule has 0 bridgehead atoms. The maximum Gasteiger partial charge on any atom is 0.330 e. The number of anilines is 1. The summed E-state index contributed by atoms with van der Waals surface area (Å²) < 4.78 is 2.65. The standard InChI is InChI=1S/C21H22N6O3/c1-2-3-11-26-17-18(23-20(26)25-12-9-22-10-13-25)24-21(30)27(19(17)29)14-16(28)15-7-5-4-6-8-15/h4-8,22H,9-14H2,1H3,(H,24,30). The number of carbonyl (C=O) groups is 1. The second kappa shape index (κ2) is 8.39. The Balaban J connectivity index is 1.83. The Morgan fingerprint density at radius 1 is 1.13 bits per heavy atom. The van der Waals surface area contributed by atoms with Gasteiger partial charge in [0.2, 0.25) is 5.95 Å². The monoisotopic (exact) mass is 406 g/mol. The van der Waals surface area contributed by atoms with E-state index in [1.807, 2.05) is 0 Å². The third-order valence-corrected chi connectivity index (χ3v) is 5.08. The van der Waals surface area contributed by atoms with Gasteiger partial charge in [-0.05, 0) is 6.92 Å². The van der Waals surface area contributed by atoms with Crippen molar-refractivity contribution in [1.29, 1.82) is 0 Å². The fourth-order valence-electron chi connectivity index (χ4n) is 3.55. The maximum absolute atomic E-state index is 13.2. The predicted molar refractivity (Wildman–Crippen MR) is 114 cm³/mol. The van der Waals surface area contributed by atoms with Gasteiger partial charge in [-0.1, -0.05) is 36.3 Å². The van der Waals surface area contributed by atoms with Crippen molar-refractivity contribution in [2.24, 2.45) is 0 Å².